The molecule has 8 heteroatoms. The molecule has 2 N–H and O–H groups in total. The van der Waals surface area contributed by atoms with Gasteiger partial charge in [-0.3, -0.25) is 15.0 Å². The largest absolute Gasteiger partial charge is 0.494 e. The zero-order valence-electron chi connectivity index (χ0n) is 18.9. The van der Waals surface area contributed by atoms with Crippen LogP contribution < -0.4 is 10.1 Å². The molecule has 0 saturated carbocycles. The number of nitrogens with one attached hydrogen (secondary N) is 2. The molecule has 3 heterocycles. The Hall–Kier alpha value is -2.94. The van der Waals surface area contributed by atoms with E-state index in [4.69, 9.17) is 19.2 Å². The molecule has 5 rings (SSSR count). The number of aromatic nitrogens is 2. The van der Waals surface area contributed by atoms with E-state index in [1.807, 2.05) is 30.3 Å². The van der Waals surface area contributed by atoms with E-state index >= 15 is 0 Å². The molecule has 33 heavy (non-hydrogen) atoms. The molecule has 2 saturated heterocycles. The number of ether oxygens (including phenoxy) is 3. The number of H-pyrrole nitrogens is 1. The van der Waals surface area contributed by atoms with Gasteiger partial charge in [-0.05, 0) is 48.1 Å². The van der Waals surface area contributed by atoms with Crippen molar-refractivity contribution in [3.05, 3.63) is 53.1 Å². The molecule has 3 aromatic rings. The first-order valence-corrected chi connectivity index (χ1v) is 11.6. The number of carbonyl (C=O) groups excluding carboxylic acids is 1. The maximum atomic E-state index is 12.9. The van der Waals surface area contributed by atoms with Gasteiger partial charge in [0.05, 0.1) is 25.8 Å². The average molecular weight is 451 g/mol. The number of carbonyl (C=O) groups is 1. The predicted octanol–water partition coefficient (Wildman–Crippen LogP) is 3.55. The van der Waals surface area contributed by atoms with Gasteiger partial charge in [0.2, 0.25) is 5.95 Å². The van der Waals surface area contributed by atoms with E-state index in [-0.39, 0.29) is 5.91 Å². The zero-order valence-corrected chi connectivity index (χ0v) is 18.9. The van der Waals surface area contributed by atoms with Crippen LogP contribution >= 0.6 is 0 Å². The van der Waals surface area contributed by atoms with E-state index in [0.29, 0.717) is 23.2 Å². The van der Waals surface area contributed by atoms with Crippen LogP contribution in [0.2, 0.25) is 0 Å². The summed E-state index contributed by atoms with van der Waals surface area (Å²) in [6, 6.07) is 11.8. The Balaban J connectivity index is 1.32. The molecule has 0 bridgehead atoms. The van der Waals surface area contributed by atoms with Crippen LogP contribution in [0.25, 0.3) is 11.0 Å². The molecule has 8 nitrogen and oxygen atoms in total. The molecule has 174 valence electrons. The Morgan fingerprint density at radius 3 is 2.55 bits per heavy atom. The van der Waals surface area contributed by atoms with E-state index in [0.717, 1.165) is 69.9 Å². The Labute approximate surface area is 193 Å². The van der Waals surface area contributed by atoms with Crippen molar-refractivity contribution in [1.82, 2.24) is 14.9 Å². The van der Waals surface area contributed by atoms with Crippen molar-refractivity contribution in [3.8, 4) is 5.75 Å². The number of rotatable bonds is 6. The fourth-order valence-corrected chi connectivity index (χ4v) is 4.61. The summed E-state index contributed by atoms with van der Waals surface area (Å²) in [6.45, 7) is 5.81. The van der Waals surface area contributed by atoms with Gasteiger partial charge in [0.15, 0.2) is 0 Å². The topological polar surface area (TPSA) is 88.7 Å². The van der Waals surface area contributed by atoms with Gasteiger partial charge in [-0.25, -0.2) is 4.98 Å². The molecular weight excluding hydrogens is 420 g/mol. The van der Waals surface area contributed by atoms with Crippen molar-refractivity contribution in [2.45, 2.75) is 25.3 Å². The summed E-state index contributed by atoms with van der Waals surface area (Å²) in [5.41, 5.74) is 4.59. The predicted molar refractivity (Wildman–Crippen MR) is 126 cm³/mol. The summed E-state index contributed by atoms with van der Waals surface area (Å²) in [7, 11) is 1.64. The zero-order chi connectivity index (χ0) is 22.6. The highest BCUT2D eigenvalue weighted by Gasteiger charge is 2.22. The number of amides is 1. The second kappa shape index (κ2) is 9.91. The third-order valence-electron chi connectivity index (χ3n) is 6.48. The molecule has 0 radical (unpaired) electrons. The normalized spacial score (nSPS) is 17.8. The van der Waals surface area contributed by atoms with Crippen molar-refractivity contribution in [2.75, 3.05) is 51.9 Å². The van der Waals surface area contributed by atoms with Crippen LogP contribution in [0.5, 0.6) is 5.75 Å². The summed E-state index contributed by atoms with van der Waals surface area (Å²) in [6.07, 6.45) is 1.93. The number of anilines is 1. The van der Waals surface area contributed by atoms with E-state index < -0.39 is 0 Å². The van der Waals surface area contributed by atoms with E-state index in [9.17, 15) is 4.79 Å². The number of methoxy groups -OCH3 is 1. The van der Waals surface area contributed by atoms with Gasteiger partial charge in [0, 0.05) is 38.4 Å². The monoisotopic (exact) mass is 450 g/mol. The van der Waals surface area contributed by atoms with Crippen molar-refractivity contribution in [1.29, 1.82) is 0 Å². The van der Waals surface area contributed by atoms with Crippen LogP contribution in [-0.2, 0) is 16.0 Å². The van der Waals surface area contributed by atoms with Gasteiger partial charge in [-0.15, -0.1) is 0 Å². The number of morpholine rings is 1. The lowest BCUT2D eigenvalue weighted by Gasteiger charge is -2.26. The summed E-state index contributed by atoms with van der Waals surface area (Å²) in [5.74, 6) is 1.32. The molecule has 1 amide bonds. The summed E-state index contributed by atoms with van der Waals surface area (Å²) in [5, 5.41) is 2.92. The molecule has 2 aliphatic rings. The minimum absolute atomic E-state index is 0.196. The Bertz CT molecular complexity index is 1100. The van der Waals surface area contributed by atoms with E-state index in [1.165, 1.54) is 11.1 Å². The lowest BCUT2D eigenvalue weighted by atomic mass is 9.90. The summed E-state index contributed by atoms with van der Waals surface area (Å²) in [4.78, 5) is 23.2. The summed E-state index contributed by atoms with van der Waals surface area (Å²) < 4.78 is 16.5. The SMILES string of the molecule is COc1ccc(C2CCOCC2)c2nc(NC(=O)c3ccc(CN4CCOCC4)cc3)[nH]c12. The van der Waals surface area contributed by atoms with Crippen LogP contribution in [-0.4, -0.2) is 67.4 Å². The van der Waals surface area contributed by atoms with Gasteiger partial charge in [-0.1, -0.05) is 18.2 Å². The third-order valence-corrected chi connectivity index (χ3v) is 6.48. The maximum Gasteiger partial charge on any atom is 0.257 e. The third kappa shape index (κ3) is 4.88. The highest BCUT2D eigenvalue weighted by molar-refractivity contribution is 6.04. The quantitative estimate of drug-likeness (QED) is 0.597. The Kier molecular flexibility index (Phi) is 6.57. The first-order chi connectivity index (χ1) is 16.2. The summed E-state index contributed by atoms with van der Waals surface area (Å²) >= 11 is 0. The smallest absolute Gasteiger partial charge is 0.257 e. The minimum atomic E-state index is -0.196. The Morgan fingerprint density at radius 1 is 1.09 bits per heavy atom. The first-order valence-electron chi connectivity index (χ1n) is 11.6. The molecule has 0 atom stereocenters. The molecular formula is C25H30N4O4. The fourth-order valence-electron chi connectivity index (χ4n) is 4.61. The standard InChI is InChI=1S/C25H30N4O4/c1-31-21-7-6-20(18-8-12-32-13-9-18)22-23(21)27-25(26-22)28-24(30)19-4-2-17(3-5-19)16-29-10-14-33-15-11-29/h2-7,18H,8-16H2,1H3,(H2,26,27,28,30). The number of hydrogen-bond acceptors (Lipinski definition) is 6. The van der Waals surface area contributed by atoms with Crippen LogP contribution in [0.1, 0.15) is 40.2 Å². The number of nitrogens with zero attached hydrogens (tertiary/aromatic N) is 2. The van der Waals surface area contributed by atoms with Crippen LogP contribution in [0.15, 0.2) is 36.4 Å². The number of hydrogen-bond donors (Lipinski definition) is 2. The number of aromatic amines is 1. The van der Waals surface area contributed by atoms with Crippen LogP contribution in [0, 0.1) is 0 Å². The highest BCUT2D eigenvalue weighted by atomic mass is 16.5. The van der Waals surface area contributed by atoms with Crippen molar-refractivity contribution >= 4 is 22.9 Å². The molecule has 0 spiro atoms. The van der Waals surface area contributed by atoms with Gasteiger partial charge < -0.3 is 19.2 Å². The second-order valence-corrected chi connectivity index (χ2v) is 8.59. The average Bonchev–Trinajstić information content (AvgIpc) is 3.28. The number of imidazole rings is 1. The Morgan fingerprint density at radius 2 is 1.82 bits per heavy atom. The highest BCUT2D eigenvalue weighted by Crippen LogP contribution is 2.36. The fraction of sp³-hybridized carbons (Fsp3) is 0.440. The van der Waals surface area contributed by atoms with Crippen molar-refractivity contribution < 1.29 is 19.0 Å². The van der Waals surface area contributed by atoms with Gasteiger partial charge in [-0.2, -0.15) is 0 Å². The van der Waals surface area contributed by atoms with Gasteiger partial charge in [0.1, 0.15) is 11.3 Å². The number of benzene rings is 2. The molecule has 2 aromatic carbocycles. The van der Waals surface area contributed by atoms with Crippen molar-refractivity contribution in [3.63, 3.8) is 0 Å². The maximum absolute atomic E-state index is 12.9. The molecule has 1 aromatic heterocycles. The molecule has 2 fully saturated rings. The van der Waals surface area contributed by atoms with Crippen LogP contribution in [0.3, 0.4) is 0 Å². The number of fused-ring (bicyclic) bond motifs is 1. The van der Waals surface area contributed by atoms with E-state index in [2.05, 4.69) is 21.3 Å². The minimum Gasteiger partial charge on any atom is -0.494 e. The first kappa shape index (κ1) is 21.9. The molecule has 2 aliphatic heterocycles. The second-order valence-electron chi connectivity index (χ2n) is 8.59. The van der Waals surface area contributed by atoms with Gasteiger partial charge >= 0.3 is 0 Å². The van der Waals surface area contributed by atoms with Gasteiger partial charge in [0.25, 0.3) is 5.91 Å². The van der Waals surface area contributed by atoms with Crippen LogP contribution in [0.4, 0.5) is 5.95 Å². The van der Waals surface area contributed by atoms with Crippen molar-refractivity contribution in [2.24, 2.45) is 0 Å². The lowest BCUT2D eigenvalue weighted by molar-refractivity contribution is 0.0342. The lowest BCUT2D eigenvalue weighted by Crippen LogP contribution is -2.35. The van der Waals surface area contributed by atoms with E-state index in [1.54, 1.807) is 7.11 Å². The molecule has 0 aliphatic carbocycles. The molecule has 0 unspecified atom stereocenters.